The number of halogens is 2. The van der Waals surface area contributed by atoms with Crippen molar-refractivity contribution in [2.24, 2.45) is 5.14 Å². The topological polar surface area (TPSA) is 107 Å². The van der Waals surface area contributed by atoms with Crippen LogP contribution in [0.5, 0.6) is 0 Å². The Labute approximate surface area is 165 Å². The van der Waals surface area contributed by atoms with Gasteiger partial charge < -0.3 is 5.32 Å². The van der Waals surface area contributed by atoms with E-state index >= 15 is 0 Å². The standard InChI is InChI=1S/C17H14Cl2N4O3S/c18-12-3-1-11(2-4-12)7-17(24)22-14-5-6-15(16(8-14)27(20,25)26)23-10-13(19)9-21-23/h1-6,8-10H,7H2,(H,22,24)(H2,20,25,26). The number of nitrogens with zero attached hydrogens (tertiary/aromatic N) is 2. The van der Waals surface area contributed by atoms with Gasteiger partial charge in [0.15, 0.2) is 0 Å². The molecule has 0 fully saturated rings. The third-order valence-electron chi connectivity index (χ3n) is 3.63. The van der Waals surface area contributed by atoms with E-state index in [1.54, 1.807) is 30.3 Å². The summed E-state index contributed by atoms with van der Waals surface area (Å²) in [5.41, 5.74) is 1.28. The largest absolute Gasteiger partial charge is 0.326 e. The van der Waals surface area contributed by atoms with Crippen LogP contribution in [0.1, 0.15) is 5.56 Å². The van der Waals surface area contributed by atoms with Crippen LogP contribution in [0.25, 0.3) is 5.69 Å². The molecular weight excluding hydrogens is 411 g/mol. The highest BCUT2D eigenvalue weighted by molar-refractivity contribution is 7.89. The summed E-state index contributed by atoms with van der Waals surface area (Å²) in [7, 11) is -4.06. The van der Waals surface area contributed by atoms with Gasteiger partial charge in [-0.2, -0.15) is 5.10 Å². The van der Waals surface area contributed by atoms with E-state index in [2.05, 4.69) is 10.4 Å². The maximum atomic E-state index is 12.2. The average molecular weight is 425 g/mol. The van der Waals surface area contributed by atoms with Crippen molar-refractivity contribution in [3.8, 4) is 5.69 Å². The van der Waals surface area contributed by atoms with Crippen molar-refractivity contribution in [1.29, 1.82) is 0 Å². The van der Waals surface area contributed by atoms with Crippen LogP contribution in [-0.4, -0.2) is 24.1 Å². The Hall–Kier alpha value is -2.39. The summed E-state index contributed by atoms with van der Waals surface area (Å²) in [5.74, 6) is -0.312. The van der Waals surface area contributed by atoms with Gasteiger partial charge >= 0.3 is 0 Å². The van der Waals surface area contributed by atoms with Gasteiger partial charge in [-0.1, -0.05) is 35.3 Å². The van der Waals surface area contributed by atoms with Crippen molar-refractivity contribution in [3.05, 3.63) is 70.5 Å². The lowest BCUT2D eigenvalue weighted by atomic mass is 10.1. The molecule has 0 aliphatic rings. The van der Waals surface area contributed by atoms with Crippen LogP contribution in [0.2, 0.25) is 10.0 Å². The van der Waals surface area contributed by atoms with E-state index < -0.39 is 10.0 Å². The van der Waals surface area contributed by atoms with Crippen molar-refractivity contribution in [2.75, 3.05) is 5.32 Å². The van der Waals surface area contributed by atoms with Crippen LogP contribution in [0.15, 0.2) is 59.8 Å². The molecule has 1 amide bonds. The molecule has 3 aromatic rings. The lowest BCUT2D eigenvalue weighted by Gasteiger charge is -2.11. The third-order valence-corrected chi connectivity index (χ3v) is 5.01. The summed E-state index contributed by atoms with van der Waals surface area (Å²) < 4.78 is 25.2. The molecule has 3 rings (SSSR count). The molecule has 10 heteroatoms. The zero-order chi connectivity index (χ0) is 19.6. The molecule has 0 atom stereocenters. The number of carbonyl (C=O) groups is 1. The lowest BCUT2D eigenvalue weighted by molar-refractivity contribution is -0.115. The number of aromatic nitrogens is 2. The van der Waals surface area contributed by atoms with Crippen molar-refractivity contribution in [3.63, 3.8) is 0 Å². The van der Waals surface area contributed by atoms with Gasteiger partial charge in [0, 0.05) is 16.9 Å². The van der Waals surface area contributed by atoms with Crippen LogP contribution in [0, 0.1) is 0 Å². The molecule has 3 N–H and O–H groups in total. The molecule has 0 unspecified atom stereocenters. The molecule has 0 bridgehead atoms. The Morgan fingerprint density at radius 2 is 1.81 bits per heavy atom. The molecule has 0 radical (unpaired) electrons. The number of sulfonamides is 1. The predicted octanol–water partition coefficient (Wildman–Crippen LogP) is 3.01. The highest BCUT2D eigenvalue weighted by Gasteiger charge is 2.18. The fourth-order valence-electron chi connectivity index (χ4n) is 2.43. The monoisotopic (exact) mass is 424 g/mol. The highest BCUT2D eigenvalue weighted by atomic mass is 35.5. The van der Waals surface area contributed by atoms with Gasteiger partial charge in [0.2, 0.25) is 15.9 Å². The number of benzene rings is 2. The normalized spacial score (nSPS) is 11.4. The molecule has 0 spiro atoms. The molecule has 7 nitrogen and oxygen atoms in total. The molecule has 0 saturated heterocycles. The first kappa shape index (κ1) is 19.4. The van der Waals surface area contributed by atoms with Gasteiger partial charge in [0.25, 0.3) is 0 Å². The predicted molar refractivity (Wildman–Crippen MR) is 104 cm³/mol. The molecule has 0 saturated carbocycles. The fourth-order valence-corrected chi connectivity index (χ4v) is 3.44. The molecular formula is C17H14Cl2N4O3S. The Morgan fingerprint density at radius 1 is 1.11 bits per heavy atom. The minimum atomic E-state index is -4.06. The van der Waals surface area contributed by atoms with E-state index in [9.17, 15) is 13.2 Å². The number of nitrogens with two attached hydrogens (primary N) is 1. The third kappa shape index (κ3) is 4.86. The molecule has 2 aromatic carbocycles. The summed E-state index contributed by atoms with van der Waals surface area (Å²) in [6, 6.07) is 11.2. The van der Waals surface area contributed by atoms with Crippen molar-refractivity contribution in [1.82, 2.24) is 9.78 Å². The number of primary sulfonamides is 1. The molecule has 1 aromatic heterocycles. The van der Waals surface area contributed by atoms with Gasteiger partial charge in [-0.15, -0.1) is 0 Å². The number of amides is 1. The number of carbonyl (C=O) groups excluding carboxylic acids is 1. The van der Waals surface area contributed by atoms with Crippen LogP contribution in [-0.2, 0) is 21.2 Å². The van der Waals surface area contributed by atoms with Gasteiger partial charge in [-0.25, -0.2) is 18.2 Å². The van der Waals surface area contributed by atoms with Crippen LogP contribution < -0.4 is 10.5 Å². The summed E-state index contributed by atoms with van der Waals surface area (Å²) in [6.45, 7) is 0. The minimum absolute atomic E-state index is 0.110. The Morgan fingerprint density at radius 3 is 2.41 bits per heavy atom. The zero-order valence-corrected chi connectivity index (χ0v) is 16.1. The second-order valence-corrected chi connectivity index (χ2v) is 8.08. The minimum Gasteiger partial charge on any atom is -0.326 e. The SMILES string of the molecule is NS(=O)(=O)c1cc(NC(=O)Cc2ccc(Cl)cc2)ccc1-n1cc(Cl)cn1. The first-order chi connectivity index (χ1) is 12.7. The molecule has 1 heterocycles. The quantitative estimate of drug-likeness (QED) is 0.655. The first-order valence-electron chi connectivity index (χ1n) is 7.64. The van der Waals surface area contributed by atoms with Gasteiger partial charge in [0.1, 0.15) is 4.90 Å². The number of nitrogens with one attached hydrogen (secondary N) is 1. The van der Waals surface area contributed by atoms with Crippen molar-refractivity contribution < 1.29 is 13.2 Å². The van der Waals surface area contributed by atoms with E-state index in [1.165, 1.54) is 29.2 Å². The summed E-state index contributed by atoms with van der Waals surface area (Å²) in [6.07, 6.45) is 2.93. The Bertz CT molecular complexity index is 1100. The summed E-state index contributed by atoms with van der Waals surface area (Å²) in [5, 5.41) is 12.9. The number of rotatable bonds is 5. The van der Waals surface area contributed by atoms with Crippen LogP contribution in [0.3, 0.4) is 0 Å². The maximum Gasteiger partial charge on any atom is 0.240 e. The van der Waals surface area contributed by atoms with Crippen molar-refractivity contribution in [2.45, 2.75) is 11.3 Å². The Kier molecular flexibility index (Phi) is 5.52. The van der Waals surface area contributed by atoms with E-state index in [0.717, 1.165) is 5.56 Å². The molecule has 27 heavy (non-hydrogen) atoms. The number of anilines is 1. The highest BCUT2D eigenvalue weighted by Crippen LogP contribution is 2.24. The van der Waals surface area contributed by atoms with Gasteiger partial charge in [-0.3, -0.25) is 4.79 Å². The number of hydrogen-bond acceptors (Lipinski definition) is 4. The van der Waals surface area contributed by atoms with Crippen molar-refractivity contribution >= 4 is 44.8 Å². The van der Waals surface area contributed by atoms with Crippen LogP contribution in [0.4, 0.5) is 5.69 Å². The molecule has 0 aliphatic carbocycles. The summed E-state index contributed by atoms with van der Waals surface area (Å²) in [4.78, 5) is 12.0. The van der Waals surface area contributed by atoms with E-state index in [0.29, 0.717) is 15.7 Å². The molecule has 140 valence electrons. The molecule has 0 aliphatic heterocycles. The Balaban J connectivity index is 1.86. The number of hydrogen-bond donors (Lipinski definition) is 2. The first-order valence-corrected chi connectivity index (χ1v) is 9.94. The van der Waals surface area contributed by atoms with E-state index in [-0.39, 0.29) is 22.9 Å². The van der Waals surface area contributed by atoms with E-state index in [1.807, 2.05) is 0 Å². The summed E-state index contributed by atoms with van der Waals surface area (Å²) >= 11 is 11.7. The maximum absolute atomic E-state index is 12.2. The van der Waals surface area contributed by atoms with Gasteiger partial charge in [-0.05, 0) is 35.9 Å². The smallest absolute Gasteiger partial charge is 0.240 e. The van der Waals surface area contributed by atoms with Crippen LogP contribution >= 0.6 is 23.2 Å². The van der Waals surface area contributed by atoms with Gasteiger partial charge in [0.05, 0.1) is 23.3 Å². The average Bonchev–Trinajstić information content (AvgIpc) is 3.02. The lowest BCUT2D eigenvalue weighted by Crippen LogP contribution is -2.18. The second-order valence-electron chi connectivity index (χ2n) is 5.68. The van der Waals surface area contributed by atoms with E-state index in [4.69, 9.17) is 28.3 Å². The zero-order valence-electron chi connectivity index (χ0n) is 13.8. The second kappa shape index (κ2) is 7.69. The fraction of sp³-hybridized carbons (Fsp3) is 0.0588.